The van der Waals surface area contributed by atoms with Crippen LogP contribution in [-0.4, -0.2) is 15.2 Å². The highest BCUT2D eigenvalue weighted by molar-refractivity contribution is 9.10. The second-order valence-corrected chi connectivity index (χ2v) is 5.78. The van der Waals surface area contributed by atoms with Gasteiger partial charge in [0.25, 0.3) is 0 Å². The van der Waals surface area contributed by atoms with Crippen LogP contribution < -0.4 is 5.32 Å². The van der Waals surface area contributed by atoms with Gasteiger partial charge >= 0.3 is 0 Å². The maximum absolute atomic E-state index is 10.1. The smallest absolute Gasteiger partial charge is 0.142 e. The van der Waals surface area contributed by atoms with Crippen molar-refractivity contribution in [3.05, 3.63) is 51.3 Å². The zero-order valence-electron chi connectivity index (χ0n) is 12.2. The first-order valence-corrected chi connectivity index (χ1v) is 7.65. The van der Waals surface area contributed by atoms with E-state index >= 15 is 0 Å². The Labute approximate surface area is 133 Å². The summed E-state index contributed by atoms with van der Waals surface area (Å²) in [4.78, 5) is 4.07. The lowest BCUT2D eigenvalue weighted by Gasteiger charge is -2.15. The monoisotopic (exact) mass is 350 g/mol. The lowest BCUT2D eigenvalue weighted by Crippen LogP contribution is -2.07. The van der Waals surface area contributed by atoms with E-state index in [1.165, 1.54) is 5.56 Å². The standard InChI is InChI=1S/C16H19BrN2O2/c1-3-11-6-13(17)4-5-15(11)19-8-14-12(9-20)7-18-10(2)16(14)21/h4-7,19-21H,3,8-9H2,1-2H3. The predicted octanol–water partition coefficient (Wildman–Crippen LogP) is 3.52. The van der Waals surface area contributed by atoms with Crippen LogP contribution >= 0.6 is 15.9 Å². The molecule has 0 aliphatic rings. The molecule has 0 atom stereocenters. The molecule has 0 saturated carbocycles. The largest absolute Gasteiger partial charge is 0.506 e. The summed E-state index contributed by atoms with van der Waals surface area (Å²) in [5, 5.41) is 22.9. The highest BCUT2D eigenvalue weighted by atomic mass is 79.9. The number of aromatic nitrogens is 1. The molecule has 0 unspecified atom stereocenters. The Balaban J connectivity index is 2.26. The minimum Gasteiger partial charge on any atom is -0.506 e. The fourth-order valence-electron chi connectivity index (χ4n) is 2.23. The van der Waals surface area contributed by atoms with Crippen molar-refractivity contribution in [1.29, 1.82) is 0 Å². The Bertz CT molecular complexity index is 644. The molecule has 4 nitrogen and oxygen atoms in total. The van der Waals surface area contributed by atoms with E-state index in [1.807, 2.05) is 12.1 Å². The molecule has 0 fully saturated rings. The quantitative estimate of drug-likeness (QED) is 0.771. The average Bonchev–Trinajstić information content (AvgIpc) is 2.49. The zero-order valence-corrected chi connectivity index (χ0v) is 13.7. The molecular weight excluding hydrogens is 332 g/mol. The van der Waals surface area contributed by atoms with Gasteiger partial charge in [0.2, 0.25) is 0 Å². The van der Waals surface area contributed by atoms with Crippen molar-refractivity contribution >= 4 is 21.6 Å². The number of hydrogen-bond donors (Lipinski definition) is 3. The Morgan fingerprint density at radius 3 is 2.71 bits per heavy atom. The molecule has 0 amide bonds. The van der Waals surface area contributed by atoms with Crippen LogP contribution in [-0.2, 0) is 19.6 Å². The van der Waals surface area contributed by atoms with Crippen LogP contribution in [0.2, 0.25) is 0 Å². The van der Waals surface area contributed by atoms with E-state index in [2.05, 4.69) is 39.2 Å². The molecule has 2 rings (SSSR count). The molecule has 21 heavy (non-hydrogen) atoms. The number of aromatic hydroxyl groups is 1. The molecule has 112 valence electrons. The van der Waals surface area contributed by atoms with Crippen LogP contribution in [0.25, 0.3) is 0 Å². The fraction of sp³-hybridized carbons (Fsp3) is 0.312. The summed E-state index contributed by atoms with van der Waals surface area (Å²) >= 11 is 3.47. The van der Waals surface area contributed by atoms with Gasteiger partial charge in [-0.3, -0.25) is 4.98 Å². The van der Waals surface area contributed by atoms with Crippen molar-refractivity contribution in [1.82, 2.24) is 4.98 Å². The SMILES string of the molecule is CCc1cc(Br)ccc1NCc1c(CO)cnc(C)c1O. The van der Waals surface area contributed by atoms with E-state index in [9.17, 15) is 10.2 Å². The van der Waals surface area contributed by atoms with Crippen LogP contribution in [0.15, 0.2) is 28.9 Å². The number of rotatable bonds is 5. The Kier molecular flexibility index (Phi) is 5.20. The molecule has 0 radical (unpaired) electrons. The van der Waals surface area contributed by atoms with E-state index in [0.717, 1.165) is 16.6 Å². The number of pyridine rings is 1. The second kappa shape index (κ2) is 6.91. The first-order valence-electron chi connectivity index (χ1n) is 6.86. The third-order valence-corrected chi connectivity index (χ3v) is 4.00. The lowest BCUT2D eigenvalue weighted by molar-refractivity contribution is 0.279. The van der Waals surface area contributed by atoms with Crippen molar-refractivity contribution in [3.8, 4) is 5.75 Å². The summed E-state index contributed by atoms with van der Waals surface area (Å²) in [6.07, 6.45) is 2.52. The van der Waals surface area contributed by atoms with Gasteiger partial charge in [0.15, 0.2) is 0 Å². The van der Waals surface area contributed by atoms with Gasteiger partial charge in [0, 0.05) is 34.0 Å². The molecule has 5 heteroatoms. The van der Waals surface area contributed by atoms with Gasteiger partial charge in [-0.05, 0) is 37.1 Å². The number of aliphatic hydroxyl groups excluding tert-OH is 1. The van der Waals surface area contributed by atoms with Gasteiger partial charge in [-0.25, -0.2) is 0 Å². The van der Waals surface area contributed by atoms with E-state index in [1.54, 1.807) is 13.1 Å². The molecular formula is C16H19BrN2O2. The Hall–Kier alpha value is -1.59. The fourth-order valence-corrected chi connectivity index (χ4v) is 2.64. The normalized spacial score (nSPS) is 10.7. The van der Waals surface area contributed by atoms with Crippen LogP contribution in [0.4, 0.5) is 5.69 Å². The molecule has 1 heterocycles. The summed E-state index contributed by atoms with van der Waals surface area (Å²) in [5.74, 6) is 0.143. The summed E-state index contributed by atoms with van der Waals surface area (Å²) in [7, 11) is 0. The van der Waals surface area contributed by atoms with Crippen molar-refractivity contribution < 1.29 is 10.2 Å². The average molecular weight is 351 g/mol. The third-order valence-electron chi connectivity index (χ3n) is 3.50. The first kappa shape index (κ1) is 15.8. The molecule has 1 aromatic carbocycles. The number of benzene rings is 1. The van der Waals surface area contributed by atoms with Crippen LogP contribution in [0.1, 0.15) is 29.3 Å². The van der Waals surface area contributed by atoms with Gasteiger partial charge in [0.05, 0.1) is 12.3 Å². The van der Waals surface area contributed by atoms with Crippen molar-refractivity contribution in [2.24, 2.45) is 0 Å². The maximum atomic E-state index is 10.1. The summed E-state index contributed by atoms with van der Waals surface area (Å²) in [5.41, 5.74) is 4.12. The summed E-state index contributed by atoms with van der Waals surface area (Å²) in [6, 6.07) is 6.06. The van der Waals surface area contributed by atoms with E-state index < -0.39 is 0 Å². The molecule has 0 aliphatic heterocycles. The number of halogens is 1. The Morgan fingerprint density at radius 1 is 1.29 bits per heavy atom. The zero-order chi connectivity index (χ0) is 15.4. The molecule has 0 bridgehead atoms. The van der Waals surface area contributed by atoms with Crippen LogP contribution in [0.3, 0.4) is 0 Å². The summed E-state index contributed by atoms with van der Waals surface area (Å²) < 4.78 is 1.04. The number of hydrogen-bond acceptors (Lipinski definition) is 4. The minimum atomic E-state index is -0.140. The number of aryl methyl sites for hydroxylation is 2. The van der Waals surface area contributed by atoms with Gasteiger partial charge in [-0.1, -0.05) is 22.9 Å². The molecule has 1 aromatic heterocycles. The first-order chi connectivity index (χ1) is 10.1. The number of anilines is 1. The Morgan fingerprint density at radius 2 is 2.05 bits per heavy atom. The maximum Gasteiger partial charge on any atom is 0.142 e. The predicted molar refractivity (Wildman–Crippen MR) is 87.4 cm³/mol. The topological polar surface area (TPSA) is 65.4 Å². The van der Waals surface area contributed by atoms with E-state index in [0.29, 0.717) is 23.4 Å². The highest BCUT2D eigenvalue weighted by Gasteiger charge is 2.11. The number of nitrogens with zero attached hydrogens (tertiary/aromatic N) is 1. The third kappa shape index (κ3) is 3.54. The molecule has 0 spiro atoms. The van der Waals surface area contributed by atoms with Gasteiger partial charge in [0.1, 0.15) is 5.75 Å². The van der Waals surface area contributed by atoms with Crippen LogP contribution in [0.5, 0.6) is 5.75 Å². The molecule has 3 N–H and O–H groups in total. The van der Waals surface area contributed by atoms with Crippen molar-refractivity contribution in [3.63, 3.8) is 0 Å². The minimum absolute atomic E-state index is 0.140. The highest BCUT2D eigenvalue weighted by Crippen LogP contribution is 2.27. The molecule has 0 saturated heterocycles. The van der Waals surface area contributed by atoms with Gasteiger partial charge in [-0.2, -0.15) is 0 Å². The number of aliphatic hydroxyl groups is 1. The molecule has 2 aromatic rings. The van der Waals surface area contributed by atoms with Crippen molar-refractivity contribution in [2.75, 3.05) is 5.32 Å². The van der Waals surface area contributed by atoms with Crippen LogP contribution in [0, 0.1) is 6.92 Å². The van der Waals surface area contributed by atoms with Crippen molar-refractivity contribution in [2.45, 2.75) is 33.4 Å². The second-order valence-electron chi connectivity index (χ2n) is 4.86. The van der Waals surface area contributed by atoms with E-state index in [-0.39, 0.29) is 12.4 Å². The lowest BCUT2D eigenvalue weighted by atomic mass is 10.1. The summed E-state index contributed by atoms with van der Waals surface area (Å²) in [6.45, 7) is 4.15. The molecule has 0 aliphatic carbocycles. The van der Waals surface area contributed by atoms with Gasteiger partial charge in [-0.15, -0.1) is 0 Å². The van der Waals surface area contributed by atoms with Gasteiger partial charge < -0.3 is 15.5 Å². The number of nitrogens with one attached hydrogen (secondary N) is 1. The van der Waals surface area contributed by atoms with E-state index in [4.69, 9.17) is 0 Å².